The maximum absolute atomic E-state index is 10.5. The summed E-state index contributed by atoms with van der Waals surface area (Å²) in [4.78, 5) is 0. The van der Waals surface area contributed by atoms with E-state index in [1.54, 1.807) is 6.07 Å². The van der Waals surface area contributed by atoms with Crippen LogP contribution in [0.5, 0.6) is 0 Å². The first-order chi connectivity index (χ1) is 24.7. The van der Waals surface area contributed by atoms with E-state index in [9.17, 15) is 15.8 Å². The number of rotatable bonds is 4. The fourth-order valence-electron chi connectivity index (χ4n) is 7.46. The molecule has 2 heterocycles. The molecule has 2 aromatic heterocycles. The first kappa shape index (κ1) is 28.8. The minimum atomic E-state index is 0.338. The summed E-state index contributed by atoms with van der Waals surface area (Å²) in [6, 6.07) is 57.9. The van der Waals surface area contributed by atoms with Gasteiger partial charge in [0, 0.05) is 32.8 Å². The van der Waals surface area contributed by atoms with Crippen molar-refractivity contribution in [3.05, 3.63) is 168 Å². The third-order valence-electron chi connectivity index (χ3n) is 9.63. The molecule has 0 unspecified atom stereocenters. The zero-order valence-corrected chi connectivity index (χ0v) is 26.7. The van der Waals surface area contributed by atoms with Crippen LogP contribution in [-0.2, 0) is 0 Å². The molecule has 230 valence electrons. The quantitative estimate of drug-likeness (QED) is 0.193. The fraction of sp³-hybridized carbons (Fsp3) is 0. The van der Waals surface area contributed by atoms with Crippen molar-refractivity contribution in [1.29, 1.82) is 15.8 Å². The lowest BCUT2D eigenvalue weighted by Crippen LogP contribution is -2.01. The molecule has 0 aliphatic carbocycles. The van der Waals surface area contributed by atoms with Gasteiger partial charge in [-0.3, -0.25) is 0 Å². The van der Waals surface area contributed by atoms with Crippen molar-refractivity contribution in [2.45, 2.75) is 0 Å². The van der Waals surface area contributed by atoms with Gasteiger partial charge < -0.3 is 9.13 Å². The molecule has 0 saturated carbocycles. The molecule has 9 aromatic rings. The van der Waals surface area contributed by atoms with E-state index in [4.69, 9.17) is 0 Å². The van der Waals surface area contributed by atoms with Crippen molar-refractivity contribution >= 4 is 43.6 Å². The molecule has 0 radical (unpaired) electrons. The predicted octanol–water partition coefficient (Wildman–Crippen LogP) is 10.8. The number of hydrogen-bond acceptors (Lipinski definition) is 3. The third-order valence-corrected chi connectivity index (χ3v) is 9.63. The molecular weight excluding hydrogens is 611 g/mol. The number of fused-ring (bicyclic) bond motifs is 6. The first-order valence-electron chi connectivity index (χ1n) is 16.3. The van der Waals surface area contributed by atoms with Gasteiger partial charge in [0.1, 0.15) is 12.1 Å². The van der Waals surface area contributed by atoms with Crippen LogP contribution in [0.25, 0.3) is 77.2 Å². The lowest BCUT2D eigenvalue weighted by molar-refractivity contribution is 1.17. The Balaban J connectivity index is 1.25. The van der Waals surface area contributed by atoms with Gasteiger partial charge in [-0.2, -0.15) is 15.8 Å². The van der Waals surface area contributed by atoms with E-state index in [1.165, 1.54) is 0 Å². The van der Waals surface area contributed by atoms with Gasteiger partial charge in [-0.15, -0.1) is 0 Å². The molecule has 0 amide bonds. The number of para-hydroxylation sites is 3. The van der Waals surface area contributed by atoms with E-state index in [-0.39, 0.29) is 0 Å². The maximum atomic E-state index is 10.5. The smallest absolute Gasteiger partial charge is 0.101 e. The van der Waals surface area contributed by atoms with Crippen molar-refractivity contribution in [3.8, 4) is 51.8 Å². The van der Waals surface area contributed by atoms with Crippen LogP contribution >= 0.6 is 0 Å². The Labute approximate surface area is 287 Å². The zero-order valence-electron chi connectivity index (χ0n) is 26.7. The molecule has 0 atom stereocenters. The maximum Gasteiger partial charge on any atom is 0.101 e. The minimum Gasteiger partial charge on any atom is -0.309 e. The monoisotopic (exact) mass is 635 g/mol. The van der Waals surface area contributed by atoms with Gasteiger partial charge in [0.25, 0.3) is 0 Å². The number of benzene rings is 7. The van der Waals surface area contributed by atoms with Gasteiger partial charge in [-0.05, 0) is 83.4 Å². The standard InChI is InChI=1S/C45H25N5/c46-26-29-19-21-43-38(23-29)37-15-3-4-16-40(37)49(43)34-12-8-10-31(25-34)30-9-7-11-32(24-30)45-39(28-48)33(27-47)20-22-44(45)50-41-17-5-1-13-35(41)36-14-2-6-18-42(36)50/h1-25H. The van der Waals surface area contributed by atoms with E-state index in [0.29, 0.717) is 22.3 Å². The Morgan fingerprint density at radius 3 is 1.64 bits per heavy atom. The van der Waals surface area contributed by atoms with Crippen LogP contribution in [-0.4, -0.2) is 9.13 Å². The molecule has 0 fully saturated rings. The van der Waals surface area contributed by atoms with Gasteiger partial charge in [-0.1, -0.05) is 84.9 Å². The molecule has 0 bridgehead atoms. The van der Waals surface area contributed by atoms with Crippen molar-refractivity contribution < 1.29 is 0 Å². The van der Waals surface area contributed by atoms with Crippen LogP contribution in [0.2, 0.25) is 0 Å². The summed E-state index contributed by atoms with van der Waals surface area (Å²) in [6.45, 7) is 0. The predicted molar refractivity (Wildman–Crippen MR) is 200 cm³/mol. The van der Waals surface area contributed by atoms with Crippen molar-refractivity contribution in [2.75, 3.05) is 0 Å². The second kappa shape index (κ2) is 11.4. The van der Waals surface area contributed by atoms with Gasteiger partial charge in [0.05, 0.1) is 50.5 Å². The van der Waals surface area contributed by atoms with Gasteiger partial charge in [0.2, 0.25) is 0 Å². The topological polar surface area (TPSA) is 81.2 Å². The van der Waals surface area contributed by atoms with Gasteiger partial charge in [-0.25, -0.2) is 0 Å². The Kier molecular flexibility index (Phi) is 6.56. The van der Waals surface area contributed by atoms with E-state index in [1.807, 2.05) is 72.8 Å². The first-order valence-corrected chi connectivity index (χ1v) is 16.3. The number of hydrogen-bond donors (Lipinski definition) is 0. The van der Waals surface area contributed by atoms with Crippen molar-refractivity contribution in [1.82, 2.24) is 9.13 Å². The molecule has 50 heavy (non-hydrogen) atoms. The Morgan fingerprint density at radius 1 is 0.400 bits per heavy atom. The van der Waals surface area contributed by atoms with Crippen LogP contribution in [0.1, 0.15) is 16.7 Å². The highest BCUT2D eigenvalue weighted by Crippen LogP contribution is 2.40. The molecule has 0 aliphatic heterocycles. The number of nitriles is 3. The van der Waals surface area contributed by atoms with E-state index in [2.05, 4.69) is 100 Å². The molecular formula is C45H25N5. The second-order valence-electron chi connectivity index (χ2n) is 12.3. The number of nitrogens with zero attached hydrogens (tertiary/aromatic N) is 5. The highest BCUT2D eigenvalue weighted by molar-refractivity contribution is 6.11. The molecule has 9 rings (SSSR count). The fourth-order valence-corrected chi connectivity index (χ4v) is 7.46. The zero-order chi connectivity index (χ0) is 33.8. The lowest BCUT2D eigenvalue weighted by Gasteiger charge is -2.17. The highest BCUT2D eigenvalue weighted by Gasteiger charge is 2.21. The van der Waals surface area contributed by atoms with Crippen LogP contribution in [0.4, 0.5) is 0 Å². The molecule has 0 N–H and O–H groups in total. The number of aromatic nitrogens is 2. The molecule has 0 aliphatic rings. The molecule has 7 aromatic carbocycles. The highest BCUT2D eigenvalue weighted by atomic mass is 15.0. The summed E-state index contributed by atoms with van der Waals surface area (Å²) in [6.07, 6.45) is 0. The van der Waals surface area contributed by atoms with Crippen LogP contribution in [0, 0.1) is 34.0 Å². The van der Waals surface area contributed by atoms with Gasteiger partial charge in [0.15, 0.2) is 0 Å². The summed E-state index contributed by atoms with van der Waals surface area (Å²) in [7, 11) is 0. The summed E-state index contributed by atoms with van der Waals surface area (Å²) < 4.78 is 4.44. The largest absolute Gasteiger partial charge is 0.309 e. The molecule has 0 saturated heterocycles. The summed E-state index contributed by atoms with van der Waals surface area (Å²) in [5, 5.41) is 34.6. The average molecular weight is 636 g/mol. The normalized spacial score (nSPS) is 11.1. The van der Waals surface area contributed by atoms with Gasteiger partial charge >= 0.3 is 0 Å². The Hall–Kier alpha value is -7.39. The second-order valence-corrected chi connectivity index (χ2v) is 12.3. The van der Waals surface area contributed by atoms with E-state index >= 15 is 0 Å². The Morgan fingerprint density at radius 2 is 0.980 bits per heavy atom. The summed E-state index contributed by atoms with van der Waals surface area (Å²) in [5.74, 6) is 0. The minimum absolute atomic E-state index is 0.338. The van der Waals surface area contributed by atoms with Crippen molar-refractivity contribution in [2.24, 2.45) is 0 Å². The van der Waals surface area contributed by atoms with Crippen LogP contribution in [0.3, 0.4) is 0 Å². The third kappa shape index (κ3) is 4.31. The Bertz CT molecular complexity index is 2920. The van der Waals surface area contributed by atoms with Crippen LogP contribution in [0.15, 0.2) is 152 Å². The summed E-state index contributed by atoms with van der Waals surface area (Å²) >= 11 is 0. The summed E-state index contributed by atoms with van der Waals surface area (Å²) in [5.41, 5.74) is 10.9. The average Bonchev–Trinajstić information content (AvgIpc) is 3.70. The SMILES string of the molecule is N#Cc1ccc2c(c1)c1ccccc1n2-c1cccc(-c2cccc(-c3c(-n4c5ccccc5c5ccccc54)ccc(C#N)c3C#N)c2)c1. The lowest BCUT2D eigenvalue weighted by atomic mass is 9.92. The molecule has 5 nitrogen and oxygen atoms in total. The molecule has 0 spiro atoms. The van der Waals surface area contributed by atoms with Crippen molar-refractivity contribution in [3.63, 3.8) is 0 Å². The molecule has 5 heteroatoms. The van der Waals surface area contributed by atoms with E-state index < -0.39 is 0 Å². The van der Waals surface area contributed by atoms with E-state index in [0.717, 1.165) is 71.7 Å². The van der Waals surface area contributed by atoms with Crippen LogP contribution < -0.4 is 0 Å².